The zero-order chi connectivity index (χ0) is 14.8. The third-order valence-electron chi connectivity index (χ3n) is 4.26. The molecule has 112 valence electrons. The average Bonchev–Trinajstić information content (AvgIpc) is 2.38. The molecule has 1 aliphatic heterocycles. The Kier molecular flexibility index (Phi) is 4.76. The molecule has 0 aromatic heterocycles. The molecule has 1 aliphatic rings. The van der Waals surface area contributed by atoms with Crippen LogP contribution in [0.15, 0.2) is 18.2 Å². The Morgan fingerprint density at radius 3 is 2.65 bits per heavy atom. The van der Waals surface area contributed by atoms with E-state index in [0.717, 1.165) is 19.3 Å². The van der Waals surface area contributed by atoms with Gasteiger partial charge < -0.3 is 10.1 Å². The normalized spacial score (nSPS) is 28.4. The van der Waals surface area contributed by atoms with Crippen molar-refractivity contribution in [2.45, 2.75) is 57.7 Å². The number of hydrogen-bond acceptors (Lipinski definition) is 2. The third kappa shape index (κ3) is 3.36. The number of hydrogen-bond donors (Lipinski definition) is 1. The number of rotatable bonds is 4. The minimum absolute atomic E-state index is 0.122. The summed E-state index contributed by atoms with van der Waals surface area (Å²) in [5, 5.41) is 3.35. The molecule has 0 amide bonds. The zero-order valence-corrected chi connectivity index (χ0v) is 12.4. The SMILES string of the molecule is CCC1(C)CC(NC(C)c2c(F)cccc2F)CCO1. The van der Waals surface area contributed by atoms with Gasteiger partial charge in [0, 0.05) is 24.3 Å². The van der Waals surface area contributed by atoms with Crippen molar-refractivity contribution in [1.29, 1.82) is 0 Å². The second kappa shape index (κ2) is 6.19. The molecular formula is C16H23F2NO. The molecule has 1 saturated heterocycles. The van der Waals surface area contributed by atoms with E-state index in [1.54, 1.807) is 6.92 Å². The van der Waals surface area contributed by atoms with Gasteiger partial charge in [0.2, 0.25) is 0 Å². The summed E-state index contributed by atoms with van der Waals surface area (Å²) in [5.74, 6) is -0.981. The molecule has 0 spiro atoms. The van der Waals surface area contributed by atoms with E-state index in [0.29, 0.717) is 6.61 Å². The zero-order valence-electron chi connectivity index (χ0n) is 12.4. The Morgan fingerprint density at radius 1 is 1.40 bits per heavy atom. The standard InChI is InChI=1S/C16H23F2NO/c1-4-16(3)10-12(8-9-20-16)19-11(2)15-13(17)6-5-7-14(15)18/h5-7,11-12,19H,4,8-10H2,1-3H3. The number of ether oxygens (including phenoxy) is 1. The second-order valence-corrected chi connectivity index (χ2v) is 5.87. The molecule has 1 aromatic carbocycles. The predicted molar refractivity (Wildman–Crippen MR) is 75.6 cm³/mol. The lowest BCUT2D eigenvalue weighted by atomic mass is 9.89. The number of benzene rings is 1. The Morgan fingerprint density at radius 2 is 2.05 bits per heavy atom. The van der Waals surface area contributed by atoms with Crippen LogP contribution < -0.4 is 5.32 Å². The molecule has 0 aliphatic carbocycles. The van der Waals surface area contributed by atoms with Crippen LogP contribution in [0.4, 0.5) is 8.78 Å². The van der Waals surface area contributed by atoms with Crippen LogP contribution in [0.25, 0.3) is 0 Å². The summed E-state index contributed by atoms with van der Waals surface area (Å²) in [4.78, 5) is 0. The van der Waals surface area contributed by atoms with E-state index >= 15 is 0 Å². The van der Waals surface area contributed by atoms with E-state index < -0.39 is 11.6 Å². The minimum Gasteiger partial charge on any atom is -0.375 e. The summed E-state index contributed by atoms with van der Waals surface area (Å²) in [6.07, 6.45) is 2.67. The quantitative estimate of drug-likeness (QED) is 0.903. The second-order valence-electron chi connectivity index (χ2n) is 5.87. The highest BCUT2D eigenvalue weighted by molar-refractivity contribution is 5.23. The van der Waals surface area contributed by atoms with E-state index in [-0.39, 0.29) is 23.2 Å². The van der Waals surface area contributed by atoms with Crippen molar-refractivity contribution in [3.63, 3.8) is 0 Å². The van der Waals surface area contributed by atoms with Crippen LogP contribution in [-0.2, 0) is 4.74 Å². The predicted octanol–water partition coefficient (Wildman–Crippen LogP) is 3.96. The Labute approximate surface area is 119 Å². The van der Waals surface area contributed by atoms with Crippen LogP contribution in [0.2, 0.25) is 0 Å². The molecule has 1 N–H and O–H groups in total. The fourth-order valence-electron chi connectivity index (χ4n) is 2.88. The van der Waals surface area contributed by atoms with Crippen LogP contribution in [-0.4, -0.2) is 18.2 Å². The van der Waals surface area contributed by atoms with Crippen molar-refractivity contribution in [2.75, 3.05) is 6.61 Å². The molecule has 3 unspecified atom stereocenters. The first-order valence-electron chi connectivity index (χ1n) is 7.29. The monoisotopic (exact) mass is 283 g/mol. The van der Waals surface area contributed by atoms with E-state index in [1.165, 1.54) is 18.2 Å². The van der Waals surface area contributed by atoms with Crippen LogP contribution in [0.3, 0.4) is 0 Å². The van der Waals surface area contributed by atoms with Gasteiger partial charge in [-0.05, 0) is 45.2 Å². The fraction of sp³-hybridized carbons (Fsp3) is 0.625. The summed E-state index contributed by atoms with van der Waals surface area (Å²) in [7, 11) is 0. The lowest BCUT2D eigenvalue weighted by Gasteiger charge is -2.39. The fourth-order valence-corrected chi connectivity index (χ4v) is 2.88. The smallest absolute Gasteiger partial charge is 0.130 e. The van der Waals surface area contributed by atoms with Crippen molar-refractivity contribution in [2.24, 2.45) is 0 Å². The summed E-state index contributed by atoms with van der Waals surface area (Å²) in [5.41, 5.74) is -0.0131. The van der Waals surface area contributed by atoms with Gasteiger partial charge in [-0.2, -0.15) is 0 Å². The molecule has 1 fully saturated rings. The Hall–Kier alpha value is -1.00. The van der Waals surface area contributed by atoms with Crippen molar-refractivity contribution >= 4 is 0 Å². The molecule has 1 heterocycles. The molecule has 3 atom stereocenters. The van der Waals surface area contributed by atoms with Crippen molar-refractivity contribution in [3.8, 4) is 0 Å². The Bertz CT molecular complexity index is 446. The lowest BCUT2D eigenvalue weighted by molar-refractivity contribution is -0.0790. The topological polar surface area (TPSA) is 21.3 Å². The highest BCUT2D eigenvalue weighted by atomic mass is 19.1. The molecular weight excluding hydrogens is 260 g/mol. The van der Waals surface area contributed by atoms with Gasteiger partial charge in [0.05, 0.1) is 5.60 Å². The van der Waals surface area contributed by atoms with Gasteiger partial charge in [0.25, 0.3) is 0 Å². The molecule has 0 radical (unpaired) electrons. The number of halogens is 2. The Balaban J connectivity index is 2.06. The maximum atomic E-state index is 13.8. The van der Waals surface area contributed by atoms with Crippen molar-refractivity contribution in [1.82, 2.24) is 5.32 Å². The summed E-state index contributed by atoms with van der Waals surface area (Å²) in [6.45, 7) is 6.69. The van der Waals surface area contributed by atoms with Crippen molar-refractivity contribution in [3.05, 3.63) is 35.4 Å². The van der Waals surface area contributed by atoms with E-state index in [4.69, 9.17) is 4.74 Å². The number of nitrogens with one attached hydrogen (secondary N) is 1. The van der Waals surface area contributed by atoms with Gasteiger partial charge >= 0.3 is 0 Å². The van der Waals surface area contributed by atoms with Crippen molar-refractivity contribution < 1.29 is 13.5 Å². The molecule has 4 heteroatoms. The minimum atomic E-state index is -0.490. The van der Waals surface area contributed by atoms with Gasteiger partial charge in [0.15, 0.2) is 0 Å². The van der Waals surface area contributed by atoms with Gasteiger partial charge in [-0.1, -0.05) is 13.0 Å². The molecule has 2 nitrogen and oxygen atoms in total. The molecule has 1 aromatic rings. The first-order valence-corrected chi connectivity index (χ1v) is 7.29. The largest absolute Gasteiger partial charge is 0.375 e. The van der Waals surface area contributed by atoms with E-state index in [2.05, 4.69) is 19.2 Å². The highest BCUT2D eigenvalue weighted by Crippen LogP contribution is 2.29. The van der Waals surface area contributed by atoms with Crippen LogP contribution in [0.5, 0.6) is 0 Å². The molecule has 0 saturated carbocycles. The van der Waals surface area contributed by atoms with Gasteiger partial charge in [-0.3, -0.25) is 0 Å². The van der Waals surface area contributed by atoms with E-state index in [9.17, 15) is 8.78 Å². The highest BCUT2D eigenvalue weighted by Gasteiger charge is 2.32. The van der Waals surface area contributed by atoms with Crippen LogP contribution in [0, 0.1) is 11.6 Å². The summed E-state index contributed by atoms with van der Waals surface area (Å²) in [6, 6.07) is 3.87. The third-order valence-corrected chi connectivity index (χ3v) is 4.26. The van der Waals surface area contributed by atoms with Gasteiger partial charge in [-0.25, -0.2) is 8.78 Å². The van der Waals surface area contributed by atoms with E-state index in [1.807, 2.05) is 0 Å². The first-order chi connectivity index (χ1) is 9.45. The molecule has 20 heavy (non-hydrogen) atoms. The summed E-state index contributed by atoms with van der Waals surface area (Å²) < 4.78 is 33.3. The average molecular weight is 283 g/mol. The molecule has 2 rings (SSSR count). The van der Waals surface area contributed by atoms with Gasteiger partial charge in [-0.15, -0.1) is 0 Å². The summed E-state index contributed by atoms with van der Waals surface area (Å²) >= 11 is 0. The van der Waals surface area contributed by atoms with Crippen LogP contribution in [0.1, 0.15) is 51.6 Å². The van der Waals surface area contributed by atoms with Gasteiger partial charge in [0.1, 0.15) is 11.6 Å². The maximum absolute atomic E-state index is 13.8. The molecule has 0 bridgehead atoms. The van der Waals surface area contributed by atoms with Crippen LogP contribution >= 0.6 is 0 Å². The maximum Gasteiger partial charge on any atom is 0.130 e. The lowest BCUT2D eigenvalue weighted by Crippen LogP contribution is -2.45. The first kappa shape index (κ1) is 15.4.